The van der Waals surface area contributed by atoms with Crippen molar-refractivity contribution in [1.29, 1.82) is 0 Å². The van der Waals surface area contributed by atoms with E-state index in [9.17, 15) is 0 Å². The van der Waals surface area contributed by atoms with Gasteiger partial charge in [0.05, 0.1) is 13.7 Å². The minimum Gasteiger partial charge on any atom is -0.486 e. The third-order valence-electron chi connectivity index (χ3n) is 2.87. The summed E-state index contributed by atoms with van der Waals surface area (Å²) in [6.45, 7) is 6.00. The third kappa shape index (κ3) is 1.99. The van der Waals surface area contributed by atoms with Crippen molar-refractivity contribution >= 4 is 0 Å². The van der Waals surface area contributed by atoms with Crippen molar-refractivity contribution in [3.63, 3.8) is 0 Å². The molecule has 0 saturated carbocycles. The lowest BCUT2D eigenvalue weighted by Gasteiger charge is -2.23. The van der Waals surface area contributed by atoms with Gasteiger partial charge in [0.1, 0.15) is 13.2 Å². The first-order valence-corrected chi connectivity index (χ1v) is 5.38. The van der Waals surface area contributed by atoms with E-state index in [-0.39, 0.29) is 0 Å². The lowest BCUT2D eigenvalue weighted by molar-refractivity contribution is 0.0847. The number of hydroxylamine groups is 1. The predicted molar refractivity (Wildman–Crippen MR) is 60.8 cm³/mol. The molecule has 0 saturated heterocycles. The molecule has 0 radical (unpaired) electrons. The normalized spacial score (nSPS) is 13.9. The van der Waals surface area contributed by atoms with Gasteiger partial charge < -0.3 is 14.3 Å². The molecule has 0 amide bonds. The fourth-order valence-corrected chi connectivity index (χ4v) is 1.85. The van der Waals surface area contributed by atoms with E-state index in [1.165, 1.54) is 11.1 Å². The number of rotatable bonds is 3. The minimum atomic E-state index is 0.607. The van der Waals surface area contributed by atoms with Gasteiger partial charge in [-0.25, -0.2) is 0 Å². The van der Waals surface area contributed by atoms with Crippen molar-refractivity contribution < 1.29 is 14.3 Å². The van der Waals surface area contributed by atoms with Gasteiger partial charge in [0, 0.05) is 5.56 Å². The van der Waals surface area contributed by atoms with Crippen LogP contribution in [0, 0.1) is 13.8 Å². The average Bonchev–Trinajstić information content (AvgIpc) is 2.30. The van der Waals surface area contributed by atoms with Crippen LogP contribution in [-0.4, -0.2) is 20.3 Å². The maximum Gasteiger partial charge on any atom is 0.166 e. The molecule has 0 spiro atoms. The second-order valence-corrected chi connectivity index (χ2v) is 3.85. The van der Waals surface area contributed by atoms with Gasteiger partial charge in [-0.15, -0.1) is 0 Å². The van der Waals surface area contributed by atoms with E-state index < -0.39 is 0 Å². The van der Waals surface area contributed by atoms with Crippen LogP contribution in [0.15, 0.2) is 6.07 Å². The van der Waals surface area contributed by atoms with Crippen LogP contribution in [0.2, 0.25) is 0 Å². The molecule has 0 aliphatic carbocycles. The monoisotopic (exact) mass is 223 g/mol. The van der Waals surface area contributed by atoms with Crippen LogP contribution in [0.25, 0.3) is 0 Å². The van der Waals surface area contributed by atoms with Gasteiger partial charge in [-0.1, -0.05) is 0 Å². The van der Waals surface area contributed by atoms with E-state index in [1.54, 1.807) is 7.11 Å². The number of ether oxygens (including phenoxy) is 2. The molecular weight excluding hydrogens is 206 g/mol. The number of hydrogen-bond donors (Lipinski definition) is 1. The van der Waals surface area contributed by atoms with Gasteiger partial charge in [0.15, 0.2) is 11.5 Å². The van der Waals surface area contributed by atoms with Crippen LogP contribution in [-0.2, 0) is 11.4 Å². The summed E-state index contributed by atoms with van der Waals surface area (Å²) in [6.07, 6.45) is 0. The Labute approximate surface area is 95.5 Å². The van der Waals surface area contributed by atoms with Crippen LogP contribution in [0.5, 0.6) is 11.5 Å². The van der Waals surface area contributed by atoms with Crippen molar-refractivity contribution in [3.8, 4) is 11.5 Å². The maximum atomic E-state index is 5.67. The summed E-state index contributed by atoms with van der Waals surface area (Å²) in [5, 5.41) is 0. The van der Waals surface area contributed by atoms with Crippen molar-refractivity contribution in [1.82, 2.24) is 5.48 Å². The smallest absolute Gasteiger partial charge is 0.166 e. The van der Waals surface area contributed by atoms with E-state index in [1.807, 2.05) is 6.07 Å². The summed E-state index contributed by atoms with van der Waals surface area (Å²) in [6, 6.07) is 2.03. The molecule has 1 heterocycles. The summed E-state index contributed by atoms with van der Waals surface area (Å²) < 4.78 is 11.3. The molecule has 0 atom stereocenters. The van der Waals surface area contributed by atoms with Crippen LogP contribution in [0.4, 0.5) is 0 Å². The molecule has 1 aromatic rings. The highest BCUT2D eigenvalue weighted by molar-refractivity contribution is 5.54. The molecule has 4 heteroatoms. The summed E-state index contributed by atoms with van der Waals surface area (Å²) >= 11 is 0. The van der Waals surface area contributed by atoms with Crippen molar-refractivity contribution in [2.24, 2.45) is 0 Å². The van der Waals surface area contributed by atoms with Gasteiger partial charge in [0.25, 0.3) is 0 Å². The Morgan fingerprint density at radius 1 is 1.31 bits per heavy atom. The second-order valence-electron chi connectivity index (χ2n) is 3.85. The summed E-state index contributed by atoms with van der Waals surface area (Å²) in [7, 11) is 1.61. The predicted octanol–water partition coefficient (Wildman–Crippen LogP) is 1.73. The van der Waals surface area contributed by atoms with E-state index in [4.69, 9.17) is 14.3 Å². The van der Waals surface area contributed by atoms with Gasteiger partial charge in [-0.3, -0.25) is 0 Å². The maximum absolute atomic E-state index is 5.67. The molecule has 1 aliphatic rings. The van der Waals surface area contributed by atoms with Gasteiger partial charge in [0.2, 0.25) is 0 Å². The molecule has 0 fully saturated rings. The second kappa shape index (κ2) is 4.72. The third-order valence-corrected chi connectivity index (χ3v) is 2.87. The molecule has 0 bridgehead atoms. The van der Waals surface area contributed by atoms with Gasteiger partial charge in [-0.2, -0.15) is 5.48 Å². The standard InChI is InChI=1S/C12H17NO3/c1-8-6-11-12(16-5-4-15-11)10(9(8)2)7-13-14-3/h6,13H,4-5,7H2,1-3H3. The number of nitrogens with one attached hydrogen (secondary N) is 1. The minimum absolute atomic E-state index is 0.607. The Morgan fingerprint density at radius 2 is 2.06 bits per heavy atom. The molecular formula is C12H17NO3. The molecule has 16 heavy (non-hydrogen) atoms. The Hall–Kier alpha value is -1.26. The Kier molecular flexibility index (Phi) is 3.31. The fraction of sp³-hybridized carbons (Fsp3) is 0.500. The molecule has 4 nitrogen and oxygen atoms in total. The topological polar surface area (TPSA) is 39.7 Å². The number of benzene rings is 1. The lowest BCUT2D eigenvalue weighted by Crippen LogP contribution is -2.20. The quantitative estimate of drug-likeness (QED) is 0.792. The van der Waals surface area contributed by atoms with Crippen LogP contribution >= 0.6 is 0 Å². The van der Waals surface area contributed by atoms with Crippen LogP contribution in [0.1, 0.15) is 16.7 Å². The Bertz CT molecular complexity index is 390. The first kappa shape index (κ1) is 11.2. The highest BCUT2D eigenvalue weighted by atomic mass is 16.6. The largest absolute Gasteiger partial charge is 0.486 e. The highest BCUT2D eigenvalue weighted by Gasteiger charge is 2.19. The number of aryl methyl sites for hydroxylation is 1. The Morgan fingerprint density at radius 3 is 2.81 bits per heavy atom. The summed E-state index contributed by atoms with van der Waals surface area (Å²) in [5.74, 6) is 1.68. The zero-order valence-electron chi connectivity index (χ0n) is 9.92. The summed E-state index contributed by atoms with van der Waals surface area (Å²) in [4.78, 5) is 4.89. The van der Waals surface area contributed by atoms with E-state index in [0.29, 0.717) is 19.8 Å². The van der Waals surface area contributed by atoms with Gasteiger partial charge >= 0.3 is 0 Å². The van der Waals surface area contributed by atoms with E-state index in [0.717, 1.165) is 17.1 Å². The molecule has 2 rings (SSSR count). The Balaban J connectivity index is 2.41. The molecule has 0 unspecified atom stereocenters. The van der Waals surface area contributed by atoms with Crippen molar-refractivity contribution in [3.05, 3.63) is 22.8 Å². The molecule has 0 aromatic heterocycles. The van der Waals surface area contributed by atoms with Crippen molar-refractivity contribution in [2.75, 3.05) is 20.3 Å². The van der Waals surface area contributed by atoms with Crippen molar-refractivity contribution in [2.45, 2.75) is 20.4 Å². The first-order valence-electron chi connectivity index (χ1n) is 5.38. The molecule has 1 N–H and O–H groups in total. The number of hydrogen-bond acceptors (Lipinski definition) is 4. The first-order chi connectivity index (χ1) is 7.74. The summed E-state index contributed by atoms with van der Waals surface area (Å²) in [5.41, 5.74) is 6.38. The molecule has 88 valence electrons. The zero-order chi connectivity index (χ0) is 11.5. The SMILES string of the molecule is CONCc1c(C)c(C)cc2c1OCCO2. The van der Waals surface area contributed by atoms with Crippen LogP contribution < -0.4 is 15.0 Å². The lowest BCUT2D eigenvalue weighted by atomic mass is 10.0. The van der Waals surface area contributed by atoms with E-state index in [2.05, 4.69) is 19.3 Å². The van der Waals surface area contributed by atoms with E-state index >= 15 is 0 Å². The molecule has 1 aliphatic heterocycles. The fourth-order valence-electron chi connectivity index (χ4n) is 1.85. The number of fused-ring (bicyclic) bond motifs is 1. The highest BCUT2D eigenvalue weighted by Crippen LogP contribution is 2.37. The molecule has 1 aromatic carbocycles. The van der Waals surface area contributed by atoms with Gasteiger partial charge in [-0.05, 0) is 31.0 Å². The average molecular weight is 223 g/mol. The van der Waals surface area contributed by atoms with Crippen LogP contribution in [0.3, 0.4) is 0 Å². The zero-order valence-corrected chi connectivity index (χ0v) is 9.92.